The van der Waals surface area contributed by atoms with Gasteiger partial charge in [0.15, 0.2) is 0 Å². The zero-order valence-electron chi connectivity index (χ0n) is 10.8. The molecule has 0 nitrogen and oxygen atoms in total. The van der Waals surface area contributed by atoms with Gasteiger partial charge in [-0.15, -0.1) is 0 Å². The summed E-state index contributed by atoms with van der Waals surface area (Å²) in [5, 5.41) is 0.227. The van der Waals surface area contributed by atoms with E-state index in [1.165, 1.54) is 17.5 Å². The standard InChI is InChI=1S/C16H20SSi/c17-13-7-12-16(18,14-8-3-1-4-9-14)15-10-5-2-6-11-15/h1-6,8-11,17H,7,12-13H2,18H3. The Morgan fingerprint density at radius 2 is 1.28 bits per heavy atom. The van der Waals surface area contributed by atoms with Gasteiger partial charge in [0.25, 0.3) is 0 Å². The van der Waals surface area contributed by atoms with E-state index in [1.54, 1.807) is 0 Å². The highest BCUT2D eigenvalue weighted by molar-refractivity contribution is 7.80. The van der Waals surface area contributed by atoms with Gasteiger partial charge in [-0.2, -0.15) is 12.6 Å². The van der Waals surface area contributed by atoms with E-state index in [0.29, 0.717) is 0 Å². The molecule has 0 N–H and O–H groups in total. The van der Waals surface area contributed by atoms with Crippen molar-refractivity contribution in [2.75, 3.05) is 5.75 Å². The van der Waals surface area contributed by atoms with Crippen LogP contribution in [0.15, 0.2) is 60.7 Å². The molecular formula is C16H20SSi. The summed E-state index contributed by atoms with van der Waals surface area (Å²) in [6.45, 7) is 0. The predicted molar refractivity (Wildman–Crippen MR) is 86.7 cm³/mol. The van der Waals surface area contributed by atoms with E-state index in [-0.39, 0.29) is 5.04 Å². The number of rotatable bonds is 5. The van der Waals surface area contributed by atoms with Gasteiger partial charge >= 0.3 is 0 Å². The highest BCUT2D eigenvalue weighted by Crippen LogP contribution is 2.33. The fourth-order valence-electron chi connectivity index (χ4n) is 2.50. The lowest BCUT2D eigenvalue weighted by Crippen LogP contribution is -2.28. The Hall–Kier alpha value is -0.993. The number of thiol groups is 1. The number of benzene rings is 2. The normalized spacial score (nSPS) is 11.6. The Morgan fingerprint density at radius 3 is 1.67 bits per heavy atom. The summed E-state index contributed by atoms with van der Waals surface area (Å²) in [6.07, 6.45) is 2.35. The van der Waals surface area contributed by atoms with Crippen LogP contribution in [0.1, 0.15) is 24.0 Å². The van der Waals surface area contributed by atoms with Crippen LogP contribution in [0.4, 0.5) is 0 Å². The van der Waals surface area contributed by atoms with Gasteiger partial charge in [-0.05, 0) is 29.7 Å². The van der Waals surface area contributed by atoms with Crippen LogP contribution >= 0.6 is 12.6 Å². The third-order valence-corrected chi connectivity index (χ3v) is 5.63. The minimum atomic E-state index is 0.227. The third kappa shape index (κ3) is 2.87. The second kappa shape index (κ2) is 6.25. The molecule has 2 heteroatoms. The van der Waals surface area contributed by atoms with Crippen LogP contribution < -0.4 is 0 Å². The first-order valence-electron chi connectivity index (χ1n) is 6.49. The smallest absolute Gasteiger partial charge is 0.0218 e. The van der Waals surface area contributed by atoms with Crippen molar-refractivity contribution in [3.05, 3.63) is 71.8 Å². The number of hydrogen-bond acceptors (Lipinski definition) is 1. The highest BCUT2D eigenvalue weighted by Gasteiger charge is 2.27. The van der Waals surface area contributed by atoms with Crippen LogP contribution in [-0.2, 0) is 5.04 Å². The van der Waals surface area contributed by atoms with E-state index >= 15 is 0 Å². The van der Waals surface area contributed by atoms with Gasteiger partial charge in [-0.25, -0.2) is 0 Å². The lowest BCUT2D eigenvalue weighted by molar-refractivity contribution is 0.637. The Bertz CT molecular complexity index is 427. The van der Waals surface area contributed by atoms with Crippen LogP contribution in [0.5, 0.6) is 0 Å². The minimum Gasteiger partial charge on any atom is -0.179 e. The summed E-state index contributed by atoms with van der Waals surface area (Å²) in [5.74, 6) is 0.962. The molecule has 0 amide bonds. The lowest BCUT2D eigenvalue weighted by atomic mass is 9.86. The molecule has 94 valence electrons. The maximum Gasteiger partial charge on any atom is 0.0218 e. The molecule has 2 aromatic carbocycles. The molecule has 0 unspecified atom stereocenters. The molecule has 18 heavy (non-hydrogen) atoms. The zero-order chi connectivity index (χ0) is 12.8. The molecule has 0 saturated carbocycles. The maximum absolute atomic E-state index is 4.37. The molecule has 0 aliphatic heterocycles. The minimum absolute atomic E-state index is 0.227. The van der Waals surface area contributed by atoms with Crippen molar-refractivity contribution in [2.24, 2.45) is 0 Å². The molecular weight excluding hydrogens is 252 g/mol. The monoisotopic (exact) mass is 272 g/mol. The summed E-state index contributed by atoms with van der Waals surface area (Å²) in [4.78, 5) is 0. The molecule has 0 fully saturated rings. The molecule has 2 aromatic rings. The first-order chi connectivity index (χ1) is 8.77. The predicted octanol–water partition coefficient (Wildman–Crippen LogP) is 3.01. The van der Waals surface area contributed by atoms with Crippen molar-refractivity contribution in [3.8, 4) is 0 Å². The molecule has 0 aromatic heterocycles. The topological polar surface area (TPSA) is 0 Å². The van der Waals surface area contributed by atoms with Crippen LogP contribution in [0.3, 0.4) is 0 Å². The quantitative estimate of drug-likeness (QED) is 0.628. The van der Waals surface area contributed by atoms with E-state index in [4.69, 9.17) is 0 Å². The fourth-order valence-corrected chi connectivity index (χ4v) is 3.68. The van der Waals surface area contributed by atoms with Crippen LogP contribution in [0, 0.1) is 0 Å². The van der Waals surface area contributed by atoms with Gasteiger partial charge in [0.1, 0.15) is 0 Å². The molecule has 0 aliphatic rings. The van der Waals surface area contributed by atoms with Crippen molar-refractivity contribution in [1.82, 2.24) is 0 Å². The van der Waals surface area contributed by atoms with Crippen molar-refractivity contribution in [1.29, 1.82) is 0 Å². The fraction of sp³-hybridized carbons (Fsp3) is 0.250. The Balaban J connectivity index is 2.41. The SMILES string of the molecule is [SiH3]C(CCCS)(c1ccccc1)c1ccccc1. The average molecular weight is 272 g/mol. The van der Waals surface area contributed by atoms with E-state index < -0.39 is 0 Å². The second-order valence-electron chi connectivity index (χ2n) is 4.89. The summed E-state index contributed by atoms with van der Waals surface area (Å²) in [6, 6.07) is 21.8. The Kier molecular flexibility index (Phi) is 4.67. The van der Waals surface area contributed by atoms with Crippen molar-refractivity contribution in [2.45, 2.75) is 17.9 Å². The van der Waals surface area contributed by atoms with Gasteiger partial charge in [-0.3, -0.25) is 0 Å². The van der Waals surface area contributed by atoms with Crippen LogP contribution in [-0.4, -0.2) is 16.0 Å². The van der Waals surface area contributed by atoms with Gasteiger partial charge < -0.3 is 0 Å². The molecule has 0 spiro atoms. The first-order valence-corrected chi connectivity index (χ1v) is 8.12. The molecule has 0 saturated heterocycles. The van der Waals surface area contributed by atoms with Gasteiger partial charge in [-0.1, -0.05) is 60.7 Å². The maximum atomic E-state index is 4.37. The summed E-state index contributed by atoms with van der Waals surface area (Å²) in [5.41, 5.74) is 2.90. The first kappa shape index (κ1) is 13.4. The summed E-state index contributed by atoms with van der Waals surface area (Å²) >= 11 is 4.37. The summed E-state index contributed by atoms with van der Waals surface area (Å²) in [7, 11) is 1.12. The van der Waals surface area contributed by atoms with Crippen LogP contribution in [0.2, 0.25) is 0 Å². The van der Waals surface area contributed by atoms with E-state index in [2.05, 4.69) is 73.3 Å². The molecule has 0 heterocycles. The van der Waals surface area contributed by atoms with E-state index in [0.717, 1.165) is 22.4 Å². The van der Waals surface area contributed by atoms with Gasteiger partial charge in [0.05, 0.1) is 0 Å². The van der Waals surface area contributed by atoms with Crippen molar-refractivity contribution < 1.29 is 0 Å². The largest absolute Gasteiger partial charge is 0.179 e. The van der Waals surface area contributed by atoms with Gasteiger partial charge in [0.2, 0.25) is 0 Å². The van der Waals surface area contributed by atoms with E-state index in [9.17, 15) is 0 Å². The van der Waals surface area contributed by atoms with E-state index in [1.807, 2.05) is 0 Å². The molecule has 0 aliphatic carbocycles. The highest BCUT2D eigenvalue weighted by atomic mass is 32.1. The Labute approximate surface area is 118 Å². The average Bonchev–Trinajstić information content (AvgIpc) is 2.46. The van der Waals surface area contributed by atoms with Gasteiger partial charge in [0, 0.05) is 15.3 Å². The van der Waals surface area contributed by atoms with Crippen molar-refractivity contribution >= 4 is 22.9 Å². The number of hydrogen-bond donors (Lipinski definition) is 1. The lowest BCUT2D eigenvalue weighted by Gasteiger charge is -2.31. The molecule has 2 rings (SSSR count). The zero-order valence-corrected chi connectivity index (χ0v) is 13.7. The molecule has 0 radical (unpaired) electrons. The summed E-state index contributed by atoms with van der Waals surface area (Å²) < 4.78 is 0. The van der Waals surface area contributed by atoms with Crippen LogP contribution in [0.25, 0.3) is 0 Å². The molecule has 0 bridgehead atoms. The van der Waals surface area contributed by atoms with Crippen molar-refractivity contribution in [3.63, 3.8) is 0 Å². The molecule has 0 atom stereocenters. The third-order valence-electron chi connectivity index (χ3n) is 3.66. The second-order valence-corrected chi connectivity index (χ2v) is 7.05. The Morgan fingerprint density at radius 1 is 0.833 bits per heavy atom.